The third kappa shape index (κ3) is 6.93. The molecule has 0 aliphatic rings. The van der Waals surface area contributed by atoms with E-state index in [1.54, 1.807) is 30.3 Å². The summed E-state index contributed by atoms with van der Waals surface area (Å²) in [5.41, 5.74) is 3.85. The zero-order valence-electron chi connectivity index (χ0n) is 20.8. The van der Waals surface area contributed by atoms with E-state index in [2.05, 4.69) is 20.0 Å². The van der Waals surface area contributed by atoms with Crippen LogP contribution in [0.15, 0.2) is 90.1 Å². The molecule has 196 valence electrons. The number of ether oxygens (including phenoxy) is 1. The molecule has 3 N–H and O–H groups in total. The number of aromatic nitrogens is 2. The Morgan fingerprint density at radius 2 is 1.82 bits per heavy atom. The van der Waals surface area contributed by atoms with Crippen molar-refractivity contribution in [3.8, 4) is 16.9 Å². The van der Waals surface area contributed by atoms with Crippen LogP contribution in [0.1, 0.15) is 23.7 Å². The lowest BCUT2D eigenvalue weighted by Crippen LogP contribution is -2.26. The van der Waals surface area contributed by atoms with E-state index in [1.165, 1.54) is 6.20 Å². The molecular formula is C28H28N4O5S. The maximum absolute atomic E-state index is 13.2. The van der Waals surface area contributed by atoms with Gasteiger partial charge in [-0.1, -0.05) is 54.6 Å². The van der Waals surface area contributed by atoms with Gasteiger partial charge in [-0.25, -0.2) is 23.1 Å². The van der Waals surface area contributed by atoms with Gasteiger partial charge in [-0.3, -0.25) is 4.79 Å². The summed E-state index contributed by atoms with van der Waals surface area (Å²) >= 11 is 0. The molecule has 0 amide bonds. The van der Waals surface area contributed by atoms with Crippen LogP contribution in [0, 0.1) is 0 Å². The molecule has 9 nitrogen and oxygen atoms in total. The molecule has 0 radical (unpaired) electrons. The number of pyridine rings is 2. The highest BCUT2D eigenvalue weighted by molar-refractivity contribution is 7.89. The molecule has 0 spiro atoms. The molecule has 2 aromatic heterocycles. The Morgan fingerprint density at radius 1 is 1.00 bits per heavy atom. The van der Waals surface area contributed by atoms with Gasteiger partial charge >= 0.3 is 5.97 Å². The number of benzene rings is 2. The molecule has 0 atom stereocenters. The second-order valence-electron chi connectivity index (χ2n) is 8.36. The fourth-order valence-electron chi connectivity index (χ4n) is 3.91. The fourth-order valence-corrected chi connectivity index (χ4v) is 5.07. The Balaban J connectivity index is 1.53. The van der Waals surface area contributed by atoms with Gasteiger partial charge in [0.25, 0.3) is 10.0 Å². The van der Waals surface area contributed by atoms with Crippen LogP contribution < -0.4 is 14.8 Å². The summed E-state index contributed by atoms with van der Waals surface area (Å²) in [7, 11) is -3.97. The summed E-state index contributed by atoms with van der Waals surface area (Å²) in [6, 6.07) is 24.2. The standard InChI is InChI=1S/C28H28N4O5S/c1-2-37-25-17-20(13-14-24(25)21-8-4-3-5-9-21)16-22-10-7-15-29-28(22)38(35,36)31-18-23-11-6-12-26(32-23)30-19-27(33)34/h3-15,17,31H,2,16,18-19H2,1H3,(H,30,32)(H,33,34). The van der Waals surface area contributed by atoms with Gasteiger partial charge in [0.1, 0.15) is 18.1 Å². The zero-order chi connectivity index (χ0) is 27.0. The highest BCUT2D eigenvalue weighted by Crippen LogP contribution is 2.32. The van der Waals surface area contributed by atoms with Gasteiger partial charge < -0.3 is 15.2 Å². The minimum atomic E-state index is -3.97. The van der Waals surface area contributed by atoms with Crippen LogP contribution in [0.4, 0.5) is 5.82 Å². The Kier molecular flexibility index (Phi) is 8.67. The Labute approximate surface area is 221 Å². The van der Waals surface area contributed by atoms with Crippen molar-refractivity contribution in [2.24, 2.45) is 0 Å². The summed E-state index contributed by atoms with van der Waals surface area (Å²) in [6.07, 6.45) is 1.78. The first-order valence-corrected chi connectivity index (χ1v) is 13.5. The zero-order valence-corrected chi connectivity index (χ0v) is 21.6. The molecule has 4 rings (SSSR count). The van der Waals surface area contributed by atoms with Gasteiger partial charge in [-0.05, 0) is 47.9 Å². The third-order valence-electron chi connectivity index (χ3n) is 5.60. The third-order valence-corrected chi connectivity index (χ3v) is 7.00. The Morgan fingerprint density at radius 3 is 2.58 bits per heavy atom. The van der Waals surface area contributed by atoms with Crippen molar-refractivity contribution in [1.82, 2.24) is 14.7 Å². The number of hydrogen-bond donors (Lipinski definition) is 3. The maximum atomic E-state index is 13.2. The molecule has 0 aliphatic heterocycles. The van der Waals surface area contributed by atoms with Gasteiger partial charge in [0.2, 0.25) is 0 Å². The van der Waals surface area contributed by atoms with Crippen molar-refractivity contribution in [2.45, 2.75) is 24.9 Å². The van der Waals surface area contributed by atoms with Crippen LogP contribution in [0.25, 0.3) is 11.1 Å². The summed E-state index contributed by atoms with van der Waals surface area (Å²) in [6.45, 7) is 2.05. The topological polar surface area (TPSA) is 131 Å². The van der Waals surface area contributed by atoms with Crippen LogP contribution in [0.3, 0.4) is 0 Å². The lowest BCUT2D eigenvalue weighted by Gasteiger charge is -2.14. The Bertz CT molecular complexity index is 1510. The molecule has 0 saturated carbocycles. The largest absolute Gasteiger partial charge is 0.493 e. The predicted octanol–water partition coefficient (Wildman–Crippen LogP) is 4.11. The van der Waals surface area contributed by atoms with Crippen molar-refractivity contribution in [3.05, 3.63) is 102 Å². The molecule has 0 unspecified atom stereocenters. The number of carboxylic acids is 1. The van der Waals surface area contributed by atoms with Gasteiger partial charge in [0.15, 0.2) is 5.03 Å². The number of carboxylic acid groups (broad SMARTS) is 1. The molecule has 0 fully saturated rings. The molecule has 0 bridgehead atoms. The number of anilines is 1. The fraction of sp³-hybridized carbons (Fsp3) is 0.179. The molecule has 4 aromatic rings. The Hall–Kier alpha value is -4.28. The molecule has 2 heterocycles. The summed E-state index contributed by atoms with van der Waals surface area (Å²) in [4.78, 5) is 19.2. The van der Waals surface area contributed by atoms with Gasteiger partial charge in [0, 0.05) is 18.2 Å². The second kappa shape index (κ2) is 12.3. The number of sulfonamides is 1. The molecule has 38 heavy (non-hydrogen) atoms. The van der Waals surface area contributed by atoms with E-state index in [0.717, 1.165) is 22.4 Å². The lowest BCUT2D eigenvalue weighted by molar-refractivity contribution is -0.134. The second-order valence-corrected chi connectivity index (χ2v) is 10.0. The smallest absolute Gasteiger partial charge is 0.322 e. The number of rotatable bonds is 12. The summed E-state index contributed by atoms with van der Waals surface area (Å²) in [5.74, 6) is 0.0421. The molecule has 10 heteroatoms. The number of carbonyl (C=O) groups is 1. The van der Waals surface area contributed by atoms with Crippen LogP contribution in [0.2, 0.25) is 0 Å². The maximum Gasteiger partial charge on any atom is 0.322 e. The van der Waals surface area contributed by atoms with E-state index >= 15 is 0 Å². The van der Waals surface area contributed by atoms with Crippen molar-refractivity contribution in [2.75, 3.05) is 18.5 Å². The average molecular weight is 533 g/mol. The van der Waals surface area contributed by atoms with E-state index in [9.17, 15) is 13.2 Å². The summed E-state index contributed by atoms with van der Waals surface area (Å²) < 4.78 is 34.9. The molecule has 0 aliphatic carbocycles. The normalized spacial score (nSPS) is 11.2. The van der Waals surface area contributed by atoms with Crippen molar-refractivity contribution in [3.63, 3.8) is 0 Å². The monoisotopic (exact) mass is 532 g/mol. The molecule has 0 saturated heterocycles. The van der Waals surface area contributed by atoms with E-state index in [4.69, 9.17) is 9.84 Å². The van der Waals surface area contributed by atoms with Crippen LogP contribution in [-0.4, -0.2) is 42.6 Å². The number of aliphatic carboxylic acids is 1. The highest BCUT2D eigenvalue weighted by atomic mass is 32.2. The first-order chi connectivity index (χ1) is 18.4. The quantitative estimate of drug-likeness (QED) is 0.249. The minimum absolute atomic E-state index is 0.0646. The molecular weight excluding hydrogens is 504 g/mol. The van der Waals surface area contributed by atoms with E-state index in [-0.39, 0.29) is 18.1 Å². The van der Waals surface area contributed by atoms with Gasteiger partial charge in [-0.15, -0.1) is 0 Å². The first kappa shape index (κ1) is 26.8. The van der Waals surface area contributed by atoms with E-state index in [0.29, 0.717) is 30.1 Å². The summed E-state index contributed by atoms with van der Waals surface area (Å²) in [5, 5.41) is 11.4. The number of nitrogens with one attached hydrogen (secondary N) is 2. The van der Waals surface area contributed by atoms with Gasteiger partial charge in [-0.2, -0.15) is 0 Å². The number of hydrogen-bond acceptors (Lipinski definition) is 7. The first-order valence-electron chi connectivity index (χ1n) is 12.0. The molecule has 2 aromatic carbocycles. The van der Waals surface area contributed by atoms with Crippen LogP contribution in [0.5, 0.6) is 5.75 Å². The van der Waals surface area contributed by atoms with Crippen LogP contribution >= 0.6 is 0 Å². The number of nitrogens with zero attached hydrogens (tertiary/aromatic N) is 2. The minimum Gasteiger partial charge on any atom is -0.493 e. The lowest BCUT2D eigenvalue weighted by atomic mass is 10.00. The van der Waals surface area contributed by atoms with E-state index < -0.39 is 16.0 Å². The van der Waals surface area contributed by atoms with Crippen molar-refractivity contribution in [1.29, 1.82) is 0 Å². The van der Waals surface area contributed by atoms with Crippen molar-refractivity contribution >= 4 is 21.8 Å². The van der Waals surface area contributed by atoms with E-state index in [1.807, 2.05) is 55.5 Å². The highest BCUT2D eigenvalue weighted by Gasteiger charge is 2.21. The van der Waals surface area contributed by atoms with Gasteiger partial charge in [0.05, 0.1) is 18.8 Å². The SMILES string of the molecule is CCOc1cc(Cc2cccnc2S(=O)(=O)NCc2cccc(NCC(=O)O)n2)ccc1-c1ccccc1. The van der Waals surface area contributed by atoms with Crippen LogP contribution in [-0.2, 0) is 27.8 Å². The average Bonchev–Trinajstić information content (AvgIpc) is 2.92. The predicted molar refractivity (Wildman–Crippen MR) is 144 cm³/mol. The van der Waals surface area contributed by atoms with Crippen molar-refractivity contribution < 1.29 is 23.1 Å².